The van der Waals surface area contributed by atoms with Gasteiger partial charge in [-0.15, -0.1) is 0 Å². The van der Waals surface area contributed by atoms with E-state index in [1.165, 1.54) is 0 Å². The van der Waals surface area contributed by atoms with Crippen LogP contribution in [0.25, 0.3) is 10.9 Å². The average molecular weight is 327 g/mol. The number of rotatable bonds is 5. The van der Waals surface area contributed by atoms with Crippen LogP contribution >= 0.6 is 0 Å². The molecule has 5 heteroatoms. The molecule has 0 saturated carbocycles. The summed E-state index contributed by atoms with van der Waals surface area (Å²) in [6.45, 7) is 8.09. The molecule has 1 amide bonds. The summed E-state index contributed by atoms with van der Waals surface area (Å²) in [7, 11) is 0. The van der Waals surface area contributed by atoms with Gasteiger partial charge in [0, 0.05) is 37.8 Å². The summed E-state index contributed by atoms with van der Waals surface area (Å²) >= 11 is 0. The molecular formula is C19H25N3O2. The predicted octanol–water partition coefficient (Wildman–Crippen LogP) is 2.21. The van der Waals surface area contributed by atoms with Gasteiger partial charge in [-0.3, -0.25) is 14.7 Å². The van der Waals surface area contributed by atoms with Crippen LogP contribution in [-0.2, 0) is 16.1 Å². The van der Waals surface area contributed by atoms with Crippen LogP contribution in [0.1, 0.15) is 19.4 Å². The maximum absolute atomic E-state index is 12.4. The Labute approximate surface area is 143 Å². The van der Waals surface area contributed by atoms with Gasteiger partial charge in [-0.05, 0) is 29.7 Å². The van der Waals surface area contributed by atoms with Crippen LogP contribution in [0.15, 0.2) is 36.5 Å². The lowest BCUT2D eigenvalue weighted by molar-refractivity contribution is -0.138. The number of amides is 1. The van der Waals surface area contributed by atoms with Crippen LogP contribution in [0, 0.1) is 5.92 Å². The highest BCUT2D eigenvalue weighted by Gasteiger charge is 2.26. The molecule has 1 aromatic carbocycles. The van der Waals surface area contributed by atoms with Crippen molar-refractivity contribution in [1.82, 2.24) is 15.2 Å². The van der Waals surface area contributed by atoms with E-state index in [9.17, 15) is 4.79 Å². The highest BCUT2D eigenvalue weighted by atomic mass is 16.5. The van der Waals surface area contributed by atoms with Crippen molar-refractivity contribution in [2.45, 2.75) is 26.5 Å². The van der Waals surface area contributed by atoms with Crippen LogP contribution in [0.3, 0.4) is 0 Å². The Hall–Kier alpha value is -1.98. The zero-order valence-electron chi connectivity index (χ0n) is 14.4. The number of morpholine rings is 1. The van der Waals surface area contributed by atoms with Crippen molar-refractivity contribution in [1.29, 1.82) is 0 Å². The summed E-state index contributed by atoms with van der Waals surface area (Å²) in [6, 6.07) is 10.0. The molecule has 1 N–H and O–H groups in total. The summed E-state index contributed by atoms with van der Waals surface area (Å²) in [6.07, 6.45) is 1.41. The summed E-state index contributed by atoms with van der Waals surface area (Å²) in [4.78, 5) is 19.0. The van der Waals surface area contributed by atoms with E-state index in [0.717, 1.165) is 29.6 Å². The fourth-order valence-corrected chi connectivity index (χ4v) is 3.08. The Morgan fingerprint density at radius 2 is 2.29 bits per heavy atom. The number of nitrogens with one attached hydrogen (secondary N) is 1. The van der Waals surface area contributed by atoms with Gasteiger partial charge in [-0.1, -0.05) is 26.0 Å². The number of fused-ring (bicyclic) bond motifs is 1. The lowest BCUT2D eigenvalue weighted by Crippen LogP contribution is -2.50. The first-order valence-corrected chi connectivity index (χ1v) is 8.57. The van der Waals surface area contributed by atoms with Crippen molar-refractivity contribution in [3.05, 3.63) is 42.1 Å². The van der Waals surface area contributed by atoms with Crippen LogP contribution in [-0.4, -0.2) is 48.1 Å². The second kappa shape index (κ2) is 7.73. The first-order chi connectivity index (χ1) is 11.6. The van der Waals surface area contributed by atoms with Crippen molar-refractivity contribution in [2.24, 2.45) is 5.92 Å². The SMILES string of the molecule is CC(C)CN1CCOC(C(=O)NCc2ccc3ncccc3c2)C1. The third-order valence-electron chi connectivity index (χ3n) is 4.20. The maximum atomic E-state index is 12.4. The number of ether oxygens (including phenoxy) is 1. The van der Waals surface area contributed by atoms with Crippen molar-refractivity contribution >= 4 is 16.8 Å². The first kappa shape index (κ1) is 16.9. The van der Waals surface area contributed by atoms with Crippen LogP contribution in [0.2, 0.25) is 0 Å². The summed E-state index contributed by atoms with van der Waals surface area (Å²) in [5.41, 5.74) is 2.03. The first-order valence-electron chi connectivity index (χ1n) is 8.57. The Balaban J connectivity index is 1.56. The van der Waals surface area contributed by atoms with Crippen molar-refractivity contribution in [3.8, 4) is 0 Å². The van der Waals surface area contributed by atoms with Crippen molar-refractivity contribution in [3.63, 3.8) is 0 Å². The van der Waals surface area contributed by atoms with E-state index in [0.29, 0.717) is 25.6 Å². The molecule has 24 heavy (non-hydrogen) atoms. The Morgan fingerprint density at radius 3 is 3.12 bits per heavy atom. The minimum absolute atomic E-state index is 0.0326. The minimum atomic E-state index is -0.375. The van der Waals surface area contributed by atoms with Gasteiger partial charge in [-0.25, -0.2) is 0 Å². The molecule has 1 atom stereocenters. The highest BCUT2D eigenvalue weighted by molar-refractivity contribution is 5.82. The predicted molar refractivity (Wildman–Crippen MR) is 94.6 cm³/mol. The molecule has 0 aliphatic carbocycles. The molecule has 2 aromatic rings. The van der Waals surface area contributed by atoms with Gasteiger partial charge in [0.05, 0.1) is 12.1 Å². The van der Waals surface area contributed by atoms with E-state index in [1.807, 2.05) is 24.3 Å². The lowest BCUT2D eigenvalue weighted by Gasteiger charge is -2.33. The minimum Gasteiger partial charge on any atom is -0.366 e. The van der Waals surface area contributed by atoms with E-state index in [-0.39, 0.29) is 12.0 Å². The monoisotopic (exact) mass is 327 g/mol. The van der Waals surface area contributed by atoms with Gasteiger partial charge in [0.2, 0.25) is 0 Å². The van der Waals surface area contributed by atoms with Crippen LogP contribution in [0.5, 0.6) is 0 Å². The molecule has 1 aliphatic heterocycles. The molecule has 3 rings (SSSR count). The third kappa shape index (κ3) is 4.30. The van der Waals surface area contributed by atoms with E-state index < -0.39 is 0 Å². The number of aromatic nitrogens is 1. The topological polar surface area (TPSA) is 54.5 Å². The maximum Gasteiger partial charge on any atom is 0.250 e. The Morgan fingerprint density at radius 1 is 1.42 bits per heavy atom. The van der Waals surface area contributed by atoms with Gasteiger partial charge in [0.25, 0.3) is 5.91 Å². The molecule has 0 spiro atoms. The molecule has 1 unspecified atom stereocenters. The number of nitrogens with zero attached hydrogens (tertiary/aromatic N) is 2. The summed E-state index contributed by atoms with van der Waals surface area (Å²) in [5, 5.41) is 4.08. The van der Waals surface area contributed by atoms with E-state index in [1.54, 1.807) is 6.20 Å². The third-order valence-corrected chi connectivity index (χ3v) is 4.20. The Kier molecular flexibility index (Phi) is 5.43. The smallest absolute Gasteiger partial charge is 0.250 e. The highest BCUT2D eigenvalue weighted by Crippen LogP contribution is 2.13. The van der Waals surface area contributed by atoms with Crippen LogP contribution in [0.4, 0.5) is 0 Å². The number of hydrogen-bond donors (Lipinski definition) is 1. The number of carbonyl (C=O) groups is 1. The van der Waals surface area contributed by atoms with Gasteiger partial charge in [0.15, 0.2) is 0 Å². The number of benzene rings is 1. The van der Waals surface area contributed by atoms with Gasteiger partial charge >= 0.3 is 0 Å². The molecule has 2 heterocycles. The van der Waals surface area contributed by atoms with E-state index in [4.69, 9.17) is 4.74 Å². The number of pyridine rings is 1. The van der Waals surface area contributed by atoms with Crippen molar-refractivity contribution in [2.75, 3.05) is 26.2 Å². The van der Waals surface area contributed by atoms with Gasteiger partial charge in [0.1, 0.15) is 6.10 Å². The lowest BCUT2D eigenvalue weighted by atomic mass is 10.1. The molecular weight excluding hydrogens is 302 g/mol. The normalized spacial score (nSPS) is 18.9. The van der Waals surface area contributed by atoms with E-state index >= 15 is 0 Å². The molecule has 128 valence electrons. The summed E-state index contributed by atoms with van der Waals surface area (Å²) < 4.78 is 5.65. The fraction of sp³-hybridized carbons (Fsp3) is 0.474. The molecule has 5 nitrogen and oxygen atoms in total. The molecule has 1 aromatic heterocycles. The average Bonchev–Trinajstić information content (AvgIpc) is 2.59. The quantitative estimate of drug-likeness (QED) is 0.915. The molecule has 1 saturated heterocycles. The fourth-order valence-electron chi connectivity index (χ4n) is 3.08. The standard InChI is InChI=1S/C19H25N3O2/c1-14(2)12-22-8-9-24-18(13-22)19(23)21-11-15-5-6-17-16(10-15)4-3-7-20-17/h3-7,10,14,18H,8-9,11-13H2,1-2H3,(H,21,23). The van der Waals surface area contributed by atoms with Crippen molar-refractivity contribution < 1.29 is 9.53 Å². The number of hydrogen-bond acceptors (Lipinski definition) is 4. The van der Waals surface area contributed by atoms with Crippen LogP contribution < -0.4 is 5.32 Å². The molecule has 0 radical (unpaired) electrons. The molecule has 1 fully saturated rings. The summed E-state index contributed by atoms with van der Waals surface area (Å²) in [5.74, 6) is 0.563. The number of carbonyl (C=O) groups excluding carboxylic acids is 1. The Bertz CT molecular complexity index is 702. The van der Waals surface area contributed by atoms with Gasteiger partial charge < -0.3 is 10.1 Å². The second-order valence-electron chi connectivity index (χ2n) is 6.76. The largest absolute Gasteiger partial charge is 0.366 e. The second-order valence-corrected chi connectivity index (χ2v) is 6.76. The zero-order valence-corrected chi connectivity index (χ0v) is 14.4. The molecule has 0 bridgehead atoms. The van der Waals surface area contributed by atoms with E-state index in [2.05, 4.69) is 35.1 Å². The van der Waals surface area contributed by atoms with Gasteiger partial charge in [-0.2, -0.15) is 0 Å². The zero-order chi connectivity index (χ0) is 16.9. The molecule has 1 aliphatic rings.